The molecule has 0 atom stereocenters. The van der Waals surface area contributed by atoms with Gasteiger partial charge in [-0.1, -0.05) is 42.5 Å². The zero-order valence-electron chi connectivity index (χ0n) is 11.2. The molecular formula is C18H17OS+. The number of hydrogen-bond acceptors (Lipinski definition) is 1. The van der Waals surface area contributed by atoms with Gasteiger partial charge in [0.05, 0.1) is 0 Å². The minimum absolute atomic E-state index is 0.577. The zero-order chi connectivity index (χ0) is 13.8. The van der Waals surface area contributed by atoms with Gasteiger partial charge in [-0.25, -0.2) is 0 Å². The van der Waals surface area contributed by atoms with Gasteiger partial charge >= 0.3 is 0 Å². The highest BCUT2D eigenvalue weighted by Gasteiger charge is 2.01. The second kappa shape index (κ2) is 6.02. The lowest BCUT2D eigenvalue weighted by Crippen LogP contribution is -1.85. The van der Waals surface area contributed by atoms with Crippen molar-refractivity contribution >= 4 is 22.5 Å². The van der Waals surface area contributed by atoms with Crippen molar-refractivity contribution in [2.75, 3.05) is 0 Å². The molecule has 100 valence electrons. The molecule has 0 aromatic heterocycles. The van der Waals surface area contributed by atoms with Crippen LogP contribution in [0.15, 0.2) is 66.7 Å². The van der Waals surface area contributed by atoms with Gasteiger partial charge in [0.2, 0.25) is 0 Å². The van der Waals surface area contributed by atoms with E-state index in [4.69, 9.17) is 5.11 Å². The average Bonchev–Trinajstić information content (AvgIpc) is 2.49. The Morgan fingerprint density at radius 1 is 0.750 bits per heavy atom. The molecule has 0 unspecified atom stereocenters. The van der Waals surface area contributed by atoms with Crippen LogP contribution in [0.1, 0.15) is 11.1 Å². The Hall–Kier alpha value is -1.93. The molecule has 0 bridgehead atoms. The number of thioether (sulfide) groups is 1. The van der Waals surface area contributed by atoms with Crippen molar-refractivity contribution in [3.05, 3.63) is 77.9 Å². The average molecular weight is 281 g/mol. The van der Waals surface area contributed by atoms with E-state index < -0.39 is 0 Å². The van der Waals surface area contributed by atoms with E-state index in [1.807, 2.05) is 36.0 Å². The van der Waals surface area contributed by atoms with Crippen LogP contribution in [0, 0.1) is 0 Å². The van der Waals surface area contributed by atoms with Crippen molar-refractivity contribution in [2.24, 2.45) is 0 Å². The van der Waals surface area contributed by atoms with Crippen LogP contribution in [0.25, 0.3) is 10.8 Å². The van der Waals surface area contributed by atoms with Crippen molar-refractivity contribution in [3.63, 3.8) is 0 Å². The number of benzene rings is 3. The third-order valence-electron chi connectivity index (χ3n) is 3.36. The molecule has 1 nitrogen and oxygen atoms in total. The molecule has 2 heteroatoms. The summed E-state index contributed by atoms with van der Waals surface area (Å²) in [5.74, 6) is 2.58. The molecule has 0 fully saturated rings. The Morgan fingerprint density at radius 2 is 1.50 bits per heavy atom. The highest BCUT2D eigenvalue weighted by molar-refractivity contribution is 7.97. The fourth-order valence-electron chi connectivity index (χ4n) is 2.30. The molecule has 0 heterocycles. The molecule has 0 aliphatic rings. The minimum atomic E-state index is 0.577. The largest absolute Gasteiger partial charge is 0.593 e. The number of rotatable bonds is 4. The van der Waals surface area contributed by atoms with Gasteiger partial charge in [-0.05, 0) is 34.0 Å². The fourth-order valence-corrected chi connectivity index (χ4v) is 3.30. The maximum Gasteiger partial charge on any atom is 0.253 e. The highest BCUT2D eigenvalue weighted by atomic mass is 32.2. The van der Waals surface area contributed by atoms with Crippen LogP contribution in [-0.2, 0) is 11.5 Å². The Kier molecular flexibility index (Phi) is 3.93. The molecule has 0 amide bonds. The van der Waals surface area contributed by atoms with Crippen LogP contribution < -0.4 is 0 Å². The van der Waals surface area contributed by atoms with Gasteiger partial charge in [-0.2, -0.15) is 11.8 Å². The van der Waals surface area contributed by atoms with Crippen LogP contribution in [0.4, 0.5) is 0 Å². The molecule has 0 saturated heterocycles. The molecule has 3 aromatic rings. The summed E-state index contributed by atoms with van der Waals surface area (Å²) in [5.41, 5.74) is 2.68. The zero-order valence-corrected chi connectivity index (χ0v) is 12.0. The molecule has 3 aromatic carbocycles. The van der Waals surface area contributed by atoms with E-state index in [-0.39, 0.29) is 0 Å². The monoisotopic (exact) mass is 281 g/mol. The second-order valence-electron chi connectivity index (χ2n) is 4.83. The van der Waals surface area contributed by atoms with E-state index in [2.05, 4.69) is 42.5 Å². The Labute approximate surface area is 123 Å². The summed E-state index contributed by atoms with van der Waals surface area (Å²) in [6.45, 7) is 0. The van der Waals surface area contributed by atoms with E-state index in [0.717, 1.165) is 11.5 Å². The lowest BCUT2D eigenvalue weighted by Gasteiger charge is -2.06. The molecule has 0 radical (unpaired) electrons. The predicted octanol–water partition coefficient (Wildman–Crippen LogP) is 4.71. The Balaban J connectivity index is 1.69. The van der Waals surface area contributed by atoms with E-state index in [9.17, 15) is 0 Å². The maximum absolute atomic E-state index is 7.49. The molecule has 0 saturated carbocycles. The third kappa shape index (κ3) is 2.97. The van der Waals surface area contributed by atoms with Crippen molar-refractivity contribution in [1.29, 1.82) is 0 Å². The molecule has 2 N–H and O–H groups in total. The summed E-state index contributed by atoms with van der Waals surface area (Å²) in [7, 11) is 0. The lowest BCUT2D eigenvalue weighted by molar-refractivity contribution is 0.475. The molecule has 0 aliphatic heterocycles. The smallest absolute Gasteiger partial charge is 0.253 e. The summed E-state index contributed by atoms with van der Waals surface area (Å²) in [4.78, 5) is 0. The maximum atomic E-state index is 7.49. The van der Waals surface area contributed by atoms with Crippen molar-refractivity contribution in [1.82, 2.24) is 0 Å². The van der Waals surface area contributed by atoms with Crippen molar-refractivity contribution < 1.29 is 5.11 Å². The molecule has 0 spiro atoms. The Bertz CT molecular complexity index is 699. The first-order valence-electron chi connectivity index (χ1n) is 6.68. The normalized spacial score (nSPS) is 10.8. The van der Waals surface area contributed by atoms with E-state index in [0.29, 0.717) is 5.75 Å². The van der Waals surface area contributed by atoms with Gasteiger partial charge in [0.25, 0.3) is 5.75 Å². The third-order valence-corrected chi connectivity index (χ3v) is 4.41. The van der Waals surface area contributed by atoms with Crippen LogP contribution in [-0.4, -0.2) is 5.11 Å². The van der Waals surface area contributed by atoms with E-state index >= 15 is 0 Å². The number of hydrogen-bond donors (Lipinski definition) is 0. The molecular weight excluding hydrogens is 264 g/mol. The van der Waals surface area contributed by atoms with Crippen LogP contribution in [0.3, 0.4) is 0 Å². The van der Waals surface area contributed by atoms with Crippen LogP contribution in [0.5, 0.6) is 5.75 Å². The van der Waals surface area contributed by atoms with Crippen LogP contribution >= 0.6 is 11.8 Å². The van der Waals surface area contributed by atoms with Gasteiger partial charge in [-0.3, -0.25) is 0 Å². The molecule has 20 heavy (non-hydrogen) atoms. The standard InChI is InChI=1S/C18H16OS/c19-17-10-8-14(9-11-17)12-20-13-16-6-3-5-15-4-1-2-7-18(15)16/h1-11,19H,12-13H2/p+1. The molecule has 3 rings (SSSR count). The first-order valence-corrected chi connectivity index (χ1v) is 7.83. The summed E-state index contributed by atoms with van der Waals surface area (Å²) < 4.78 is 0. The highest BCUT2D eigenvalue weighted by Crippen LogP contribution is 2.25. The van der Waals surface area contributed by atoms with E-state index in [1.165, 1.54) is 21.9 Å². The SMILES string of the molecule is [OH2+]c1ccc(CSCc2cccc3ccccc23)cc1. The van der Waals surface area contributed by atoms with Crippen molar-refractivity contribution in [3.8, 4) is 5.75 Å². The quantitative estimate of drug-likeness (QED) is 0.635. The summed E-state index contributed by atoms with van der Waals surface area (Å²) in [5, 5.41) is 10.1. The minimum Gasteiger partial charge on any atom is -0.593 e. The predicted molar refractivity (Wildman–Crippen MR) is 88.4 cm³/mol. The first kappa shape index (κ1) is 13.1. The molecule has 0 aliphatic carbocycles. The van der Waals surface area contributed by atoms with Gasteiger partial charge in [0, 0.05) is 23.6 Å². The number of fused-ring (bicyclic) bond motifs is 1. The van der Waals surface area contributed by atoms with Gasteiger partial charge in [-0.15, -0.1) is 0 Å². The summed E-state index contributed by atoms with van der Waals surface area (Å²) >= 11 is 1.92. The summed E-state index contributed by atoms with van der Waals surface area (Å²) in [6, 6.07) is 22.8. The first-order chi connectivity index (χ1) is 9.83. The van der Waals surface area contributed by atoms with Crippen LogP contribution in [0.2, 0.25) is 0 Å². The van der Waals surface area contributed by atoms with Gasteiger partial charge < -0.3 is 5.11 Å². The van der Waals surface area contributed by atoms with E-state index in [1.54, 1.807) is 0 Å². The Morgan fingerprint density at radius 3 is 2.35 bits per heavy atom. The summed E-state index contributed by atoms with van der Waals surface area (Å²) in [6.07, 6.45) is 0. The second-order valence-corrected chi connectivity index (χ2v) is 5.81. The lowest BCUT2D eigenvalue weighted by atomic mass is 10.1. The van der Waals surface area contributed by atoms with Gasteiger partial charge in [0.1, 0.15) is 0 Å². The van der Waals surface area contributed by atoms with Crippen molar-refractivity contribution in [2.45, 2.75) is 11.5 Å². The van der Waals surface area contributed by atoms with Gasteiger partial charge in [0.15, 0.2) is 0 Å². The topological polar surface area (TPSA) is 22.9 Å². The fraction of sp³-hybridized carbons (Fsp3) is 0.111.